The van der Waals surface area contributed by atoms with Crippen molar-refractivity contribution >= 4 is 17.8 Å². The normalized spacial score (nSPS) is 13.3. The molecule has 7 heteroatoms. The molecule has 7 nitrogen and oxygen atoms in total. The van der Waals surface area contributed by atoms with E-state index < -0.39 is 12.0 Å². The van der Waals surface area contributed by atoms with Gasteiger partial charge < -0.3 is 20.5 Å². The molecule has 0 heterocycles. The van der Waals surface area contributed by atoms with Crippen LogP contribution in [-0.4, -0.2) is 48.2 Å². The fraction of sp³-hybridized carbons (Fsp3) is 0.480. The van der Waals surface area contributed by atoms with Gasteiger partial charge in [-0.25, -0.2) is 0 Å². The van der Waals surface area contributed by atoms with Gasteiger partial charge in [-0.1, -0.05) is 42.5 Å². The lowest BCUT2D eigenvalue weighted by molar-refractivity contribution is -0.145. The maximum atomic E-state index is 12.6. The second-order valence-electron chi connectivity index (χ2n) is 7.84. The highest BCUT2D eigenvalue weighted by atomic mass is 16.5. The van der Waals surface area contributed by atoms with E-state index in [9.17, 15) is 19.5 Å². The predicted molar refractivity (Wildman–Crippen MR) is 125 cm³/mol. The number of nitrogens with one attached hydrogen (secondary N) is 2. The van der Waals surface area contributed by atoms with Crippen LogP contribution in [0.15, 0.2) is 55.6 Å². The topological polar surface area (TPSA) is 105 Å². The molecule has 1 aromatic carbocycles. The third kappa shape index (κ3) is 11.5. The summed E-state index contributed by atoms with van der Waals surface area (Å²) in [5.41, 5.74) is 1.00. The molecule has 1 aromatic rings. The number of esters is 1. The molecule has 32 heavy (non-hydrogen) atoms. The van der Waals surface area contributed by atoms with Crippen LogP contribution in [0.25, 0.3) is 0 Å². The van der Waals surface area contributed by atoms with Gasteiger partial charge in [0.1, 0.15) is 6.61 Å². The first-order chi connectivity index (χ1) is 15.4. The summed E-state index contributed by atoms with van der Waals surface area (Å²) >= 11 is 0. The zero-order chi connectivity index (χ0) is 23.8. The van der Waals surface area contributed by atoms with Crippen LogP contribution >= 0.6 is 0 Å². The number of aliphatic hydroxyl groups is 1. The number of rotatable bonds is 16. The third-order valence-electron chi connectivity index (χ3n) is 4.84. The minimum Gasteiger partial charge on any atom is -0.464 e. The lowest BCUT2D eigenvalue weighted by Crippen LogP contribution is -2.44. The van der Waals surface area contributed by atoms with Gasteiger partial charge in [0.15, 0.2) is 0 Å². The number of carbonyl (C=O) groups excluding carboxylic acids is 3. The van der Waals surface area contributed by atoms with Crippen LogP contribution in [0.3, 0.4) is 0 Å². The van der Waals surface area contributed by atoms with Crippen molar-refractivity contribution in [2.75, 3.05) is 13.2 Å². The number of unbranched alkanes of at least 4 members (excludes halogenated alkanes) is 1. The van der Waals surface area contributed by atoms with Crippen molar-refractivity contribution in [2.24, 2.45) is 5.92 Å². The molecule has 2 amide bonds. The molecule has 0 aliphatic rings. The number of aliphatic hydroxyl groups excluding tert-OH is 1. The summed E-state index contributed by atoms with van der Waals surface area (Å²) < 4.78 is 5.18. The van der Waals surface area contributed by atoms with Gasteiger partial charge in [-0.3, -0.25) is 14.4 Å². The van der Waals surface area contributed by atoms with Crippen molar-refractivity contribution in [3.63, 3.8) is 0 Å². The predicted octanol–water partition coefficient (Wildman–Crippen LogP) is 2.69. The SMILES string of the molecule is C=CCCCC(=O)OCC(C)NC(=O)C(CC=C)CC(=O)NC(CO)Cc1ccccc1. The first-order valence-corrected chi connectivity index (χ1v) is 11.0. The summed E-state index contributed by atoms with van der Waals surface area (Å²) in [5, 5.41) is 15.2. The minimum atomic E-state index is -0.602. The highest BCUT2D eigenvalue weighted by Crippen LogP contribution is 2.11. The molecule has 0 saturated carbocycles. The molecule has 0 aliphatic heterocycles. The lowest BCUT2D eigenvalue weighted by Gasteiger charge is -2.21. The van der Waals surface area contributed by atoms with E-state index in [-0.39, 0.29) is 43.5 Å². The van der Waals surface area contributed by atoms with Crippen LogP contribution in [0, 0.1) is 5.92 Å². The van der Waals surface area contributed by atoms with Crippen LogP contribution in [0.4, 0.5) is 0 Å². The van der Waals surface area contributed by atoms with E-state index in [1.165, 1.54) is 0 Å². The molecule has 176 valence electrons. The van der Waals surface area contributed by atoms with Crippen molar-refractivity contribution in [1.29, 1.82) is 0 Å². The van der Waals surface area contributed by atoms with E-state index in [2.05, 4.69) is 23.8 Å². The monoisotopic (exact) mass is 444 g/mol. The summed E-state index contributed by atoms with van der Waals surface area (Å²) in [7, 11) is 0. The number of allylic oxidation sites excluding steroid dienone is 2. The van der Waals surface area contributed by atoms with E-state index in [0.29, 0.717) is 25.7 Å². The first-order valence-electron chi connectivity index (χ1n) is 11.0. The Kier molecular flexibility index (Phi) is 13.4. The van der Waals surface area contributed by atoms with Crippen LogP contribution < -0.4 is 10.6 Å². The molecule has 0 aliphatic carbocycles. The molecule has 0 saturated heterocycles. The Morgan fingerprint density at radius 1 is 1.12 bits per heavy atom. The Morgan fingerprint density at radius 3 is 2.47 bits per heavy atom. The maximum Gasteiger partial charge on any atom is 0.305 e. The van der Waals surface area contributed by atoms with Gasteiger partial charge in [0.05, 0.1) is 24.6 Å². The molecule has 3 unspecified atom stereocenters. The Morgan fingerprint density at radius 2 is 1.84 bits per heavy atom. The van der Waals surface area contributed by atoms with Crippen molar-refractivity contribution in [3.8, 4) is 0 Å². The van der Waals surface area contributed by atoms with Crippen molar-refractivity contribution in [2.45, 2.75) is 57.5 Å². The molecule has 1 rings (SSSR count). The van der Waals surface area contributed by atoms with E-state index in [1.807, 2.05) is 30.3 Å². The zero-order valence-corrected chi connectivity index (χ0v) is 18.9. The van der Waals surface area contributed by atoms with Gasteiger partial charge in [-0.05, 0) is 38.2 Å². The van der Waals surface area contributed by atoms with Crippen LogP contribution in [0.2, 0.25) is 0 Å². The number of hydrogen-bond donors (Lipinski definition) is 3. The molecule has 3 atom stereocenters. The average Bonchev–Trinajstić information content (AvgIpc) is 2.77. The van der Waals surface area contributed by atoms with Gasteiger partial charge in [0.25, 0.3) is 0 Å². The molecule has 0 aromatic heterocycles. The van der Waals surface area contributed by atoms with E-state index >= 15 is 0 Å². The highest BCUT2D eigenvalue weighted by molar-refractivity contribution is 5.86. The summed E-state index contributed by atoms with van der Waals surface area (Å²) in [6, 6.07) is 8.74. The van der Waals surface area contributed by atoms with Crippen molar-refractivity contribution in [1.82, 2.24) is 10.6 Å². The summed E-state index contributed by atoms with van der Waals surface area (Å²) in [5.74, 6) is -1.54. The molecule has 0 radical (unpaired) electrons. The van der Waals surface area contributed by atoms with Gasteiger partial charge in [-0.2, -0.15) is 0 Å². The third-order valence-corrected chi connectivity index (χ3v) is 4.84. The molecular weight excluding hydrogens is 408 g/mol. The van der Waals surface area contributed by atoms with Crippen LogP contribution in [-0.2, 0) is 25.5 Å². The Hall–Kier alpha value is -2.93. The van der Waals surface area contributed by atoms with Crippen molar-refractivity contribution < 1.29 is 24.2 Å². The number of benzene rings is 1. The number of ether oxygens (including phenoxy) is 1. The number of amides is 2. The fourth-order valence-electron chi connectivity index (χ4n) is 3.14. The quantitative estimate of drug-likeness (QED) is 0.207. The Balaban J connectivity index is 2.51. The Bertz CT molecular complexity index is 735. The molecule has 0 bridgehead atoms. The number of hydrogen-bond acceptors (Lipinski definition) is 5. The molecule has 0 spiro atoms. The summed E-state index contributed by atoms with van der Waals surface area (Å²) in [6.45, 7) is 8.88. The smallest absolute Gasteiger partial charge is 0.305 e. The summed E-state index contributed by atoms with van der Waals surface area (Å²) in [4.78, 5) is 36.8. The largest absolute Gasteiger partial charge is 0.464 e. The van der Waals surface area contributed by atoms with E-state index in [4.69, 9.17) is 4.74 Å². The van der Waals surface area contributed by atoms with Crippen molar-refractivity contribution in [3.05, 3.63) is 61.2 Å². The minimum absolute atomic E-state index is 0.0306. The van der Waals surface area contributed by atoms with Gasteiger partial charge in [-0.15, -0.1) is 13.2 Å². The van der Waals surface area contributed by atoms with Gasteiger partial charge in [0.2, 0.25) is 11.8 Å². The second-order valence-corrected chi connectivity index (χ2v) is 7.84. The van der Waals surface area contributed by atoms with Crippen LogP contribution in [0.5, 0.6) is 0 Å². The van der Waals surface area contributed by atoms with E-state index in [1.54, 1.807) is 19.1 Å². The number of carbonyl (C=O) groups is 3. The van der Waals surface area contributed by atoms with Crippen LogP contribution in [0.1, 0.15) is 44.6 Å². The maximum absolute atomic E-state index is 12.6. The highest BCUT2D eigenvalue weighted by Gasteiger charge is 2.23. The Labute approximate surface area is 190 Å². The first kappa shape index (κ1) is 27.1. The average molecular weight is 445 g/mol. The molecule has 0 fully saturated rings. The summed E-state index contributed by atoms with van der Waals surface area (Å²) in [6.07, 6.45) is 5.87. The van der Waals surface area contributed by atoms with Gasteiger partial charge in [0, 0.05) is 12.8 Å². The molecular formula is C25H36N2O5. The standard InChI is InChI=1S/C25H36N2O5/c1-4-6-8-14-24(30)32-18-19(3)26-25(31)21(11-5-2)16-23(29)27-22(17-28)15-20-12-9-7-10-13-20/h4-5,7,9-10,12-13,19,21-22,28H,1-2,6,8,11,14-18H2,3H3,(H,26,31)(H,27,29). The fourth-order valence-corrected chi connectivity index (χ4v) is 3.14. The van der Waals surface area contributed by atoms with Gasteiger partial charge >= 0.3 is 5.97 Å². The molecule has 3 N–H and O–H groups in total. The second kappa shape index (κ2) is 15.8. The zero-order valence-electron chi connectivity index (χ0n) is 18.9. The van der Waals surface area contributed by atoms with E-state index in [0.717, 1.165) is 12.0 Å². The lowest BCUT2D eigenvalue weighted by atomic mass is 9.98.